The lowest BCUT2D eigenvalue weighted by molar-refractivity contribution is 0.0985. The van der Waals surface area contributed by atoms with Crippen LogP contribution in [0.3, 0.4) is 0 Å². The fourth-order valence-corrected chi connectivity index (χ4v) is 4.11. The Hall–Kier alpha value is -2.92. The number of sulfonamides is 1. The minimum absolute atomic E-state index is 0.282. The highest BCUT2D eigenvalue weighted by Gasteiger charge is 2.23. The molecule has 11 heteroatoms. The summed E-state index contributed by atoms with van der Waals surface area (Å²) in [7, 11) is -4.06. The number of anilines is 1. The predicted octanol–water partition coefficient (Wildman–Crippen LogP) is 3.42. The zero-order valence-corrected chi connectivity index (χ0v) is 17.3. The number of hydrogen-bond acceptors (Lipinski definition) is 5. The van der Waals surface area contributed by atoms with Crippen molar-refractivity contribution in [2.75, 3.05) is 17.1 Å². The van der Waals surface area contributed by atoms with Gasteiger partial charge in [-0.3, -0.25) is 13.9 Å². The molecule has 2 aromatic heterocycles. The number of hydrogen-bond donors (Lipinski definition) is 3. The Morgan fingerprint density at radius 1 is 1.29 bits per heavy atom. The number of carbonyl (C=O) groups excluding carboxylic acids is 1. The number of alkyl halides is 1. The van der Waals surface area contributed by atoms with Crippen molar-refractivity contribution in [2.24, 2.45) is 0 Å². The summed E-state index contributed by atoms with van der Waals surface area (Å²) < 4.78 is 66.9. The second-order valence-electron chi connectivity index (χ2n) is 7.03. The summed E-state index contributed by atoms with van der Waals surface area (Å²) in [5.74, 6) is -3.98. The highest BCUT2D eigenvalue weighted by Crippen LogP contribution is 2.25. The second kappa shape index (κ2) is 9.06. The van der Waals surface area contributed by atoms with E-state index >= 15 is 0 Å². The van der Waals surface area contributed by atoms with E-state index in [0.29, 0.717) is 22.3 Å². The summed E-state index contributed by atoms with van der Waals surface area (Å²) in [6, 6.07) is 4.89. The van der Waals surface area contributed by atoms with Crippen LogP contribution in [0.5, 0.6) is 0 Å². The highest BCUT2D eigenvalue weighted by molar-refractivity contribution is 7.92. The average molecular weight is 455 g/mol. The largest absolute Gasteiger partial charge is 0.387 e. The topological polar surface area (TPSA) is 112 Å². The van der Waals surface area contributed by atoms with Crippen molar-refractivity contribution in [2.45, 2.75) is 25.9 Å². The monoisotopic (exact) mass is 455 g/mol. The summed E-state index contributed by atoms with van der Waals surface area (Å²) >= 11 is 0. The summed E-state index contributed by atoms with van der Waals surface area (Å²) in [5.41, 5.74) is -0.0970. The summed E-state index contributed by atoms with van der Waals surface area (Å²) in [6.07, 6.45) is -0.0553. The number of rotatable bonds is 9. The number of aromatic nitrogens is 2. The fourth-order valence-electron chi connectivity index (χ4n) is 3.03. The lowest BCUT2D eigenvalue weighted by Crippen LogP contribution is -2.19. The maximum Gasteiger partial charge on any atom is 0.232 e. The van der Waals surface area contributed by atoms with Gasteiger partial charge in [0, 0.05) is 23.7 Å². The first-order chi connectivity index (χ1) is 14.6. The first-order valence-electron chi connectivity index (χ1n) is 9.34. The van der Waals surface area contributed by atoms with E-state index in [-0.39, 0.29) is 12.8 Å². The molecule has 0 saturated heterocycles. The van der Waals surface area contributed by atoms with E-state index in [0.717, 1.165) is 12.1 Å². The maximum atomic E-state index is 14.8. The number of nitrogens with one attached hydrogen (secondary N) is 2. The lowest BCUT2D eigenvalue weighted by Gasteiger charge is -2.11. The summed E-state index contributed by atoms with van der Waals surface area (Å²) in [5, 5.41) is 10.2. The third kappa shape index (κ3) is 5.23. The second-order valence-corrected chi connectivity index (χ2v) is 8.87. The number of fused-ring (bicyclic) bond motifs is 1. The van der Waals surface area contributed by atoms with Crippen molar-refractivity contribution < 1.29 is 31.5 Å². The van der Waals surface area contributed by atoms with Crippen LogP contribution >= 0.6 is 0 Å². The van der Waals surface area contributed by atoms with Gasteiger partial charge in [0.2, 0.25) is 10.0 Å². The minimum atomic E-state index is -4.06. The van der Waals surface area contributed by atoms with Crippen LogP contribution in [0.2, 0.25) is 0 Å². The van der Waals surface area contributed by atoms with Crippen molar-refractivity contribution in [3.8, 4) is 0 Å². The van der Waals surface area contributed by atoms with Crippen molar-refractivity contribution in [3.63, 3.8) is 0 Å². The van der Waals surface area contributed by atoms with Gasteiger partial charge in [-0.05, 0) is 43.2 Å². The molecule has 0 amide bonds. The molecule has 166 valence electrons. The standard InChI is InChI=1S/C20H20F3N3O4S/c1-11(27)16-9-13-7-12(10-24-20(13)25-16)8-17(28)18-14(22)3-4-15(19(18)23)26-31(29,30)6-2-5-21/h3-4,7,9-11,26-27H,2,5-6,8H2,1H3,(H,24,25). The molecule has 0 aliphatic carbocycles. The normalized spacial score (nSPS) is 12.8. The number of aliphatic hydroxyl groups excluding tert-OH is 1. The van der Waals surface area contributed by atoms with Crippen LogP contribution in [-0.4, -0.2) is 41.7 Å². The smallest absolute Gasteiger partial charge is 0.232 e. The van der Waals surface area contributed by atoms with Crippen LogP contribution in [-0.2, 0) is 16.4 Å². The third-order valence-electron chi connectivity index (χ3n) is 4.54. The third-order valence-corrected chi connectivity index (χ3v) is 5.90. The highest BCUT2D eigenvalue weighted by atomic mass is 32.2. The maximum absolute atomic E-state index is 14.8. The van der Waals surface area contributed by atoms with E-state index in [1.54, 1.807) is 19.1 Å². The SMILES string of the molecule is CC(O)c1cc2cc(CC(=O)c3c(F)ccc(NS(=O)(=O)CCCF)c3F)cnc2[nH]1. The van der Waals surface area contributed by atoms with Gasteiger partial charge in [-0.1, -0.05) is 0 Å². The fraction of sp³-hybridized carbons (Fsp3) is 0.300. The number of nitrogens with zero attached hydrogens (tertiary/aromatic N) is 1. The van der Waals surface area contributed by atoms with E-state index in [4.69, 9.17) is 0 Å². The van der Waals surface area contributed by atoms with Gasteiger partial charge in [0.15, 0.2) is 11.6 Å². The Kier molecular flexibility index (Phi) is 6.65. The van der Waals surface area contributed by atoms with Crippen molar-refractivity contribution in [3.05, 3.63) is 58.9 Å². The molecule has 0 spiro atoms. The first kappa shape index (κ1) is 22.8. The molecule has 1 atom stereocenters. The number of benzene rings is 1. The van der Waals surface area contributed by atoms with Gasteiger partial charge >= 0.3 is 0 Å². The first-order valence-corrected chi connectivity index (χ1v) is 11.0. The Balaban J connectivity index is 1.86. The molecular weight excluding hydrogens is 435 g/mol. The van der Waals surface area contributed by atoms with Gasteiger partial charge in [0.1, 0.15) is 11.5 Å². The van der Waals surface area contributed by atoms with Crippen molar-refractivity contribution in [1.29, 1.82) is 0 Å². The molecule has 31 heavy (non-hydrogen) atoms. The van der Waals surface area contributed by atoms with Crippen LogP contribution in [0.15, 0.2) is 30.5 Å². The molecule has 2 heterocycles. The molecule has 0 fully saturated rings. The van der Waals surface area contributed by atoms with E-state index < -0.39 is 57.2 Å². The van der Waals surface area contributed by atoms with E-state index in [1.807, 2.05) is 4.72 Å². The van der Waals surface area contributed by atoms with Gasteiger partial charge in [0.05, 0.1) is 29.8 Å². The van der Waals surface area contributed by atoms with E-state index in [9.17, 15) is 31.5 Å². The van der Waals surface area contributed by atoms with Crippen LogP contribution in [0.1, 0.15) is 41.1 Å². The number of halogens is 3. The quantitative estimate of drug-likeness (QED) is 0.428. The number of aliphatic hydroxyl groups is 1. The molecule has 3 aromatic rings. The number of pyridine rings is 1. The van der Waals surface area contributed by atoms with Gasteiger partial charge in [-0.25, -0.2) is 22.2 Å². The number of H-pyrrole nitrogens is 1. The molecule has 0 saturated carbocycles. The molecule has 0 aliphatic rings. The summed E-state index contributed by atoms with van der Waals surface area (Å²) in [6.45, 7) is 0.703. The Bertz CT molecular complexity index is 1230. The molecular formula is C20H20F3N3O4S. The number of Topliss-reactive ketones (excluding diaryl/α,β-unsaturated/α-hetero) is 1. The Morgan fingerprint density at radius 3 is 2.71 bits per heavy atom. The number of carbonyl (C=O) groups is 1. The lowest BCUT2D eigenvalue weighted by atomic mass is 10.0. The predicted molar refractivity (Wildman–Crippen MR) is 109 cm³/mol. The molecule has 0 radical (unpaired) electrons. The molecule has 1 unspecified atom stereocenters. The molecule has 3 rings (SSSR count). The van der Waals surface area contributed by atoms with Crippen LogP contribution in [0.25, 0.3) is 11.0 Å². The van der Waals surface area contributed by atoms with Gasteiger partial charge in [-0.2, -0.15) is 0 Å². The zero-order valence-electron chi connectivity index (χ0n) is 16.5. The molecule has 0 aliphatic heterocycles. The van der Waals surface area contributed by atoms with Crippen molar-refractivity contribution >= 4 is 32.5 Å². The van der Waals surface area contributed by atoms with Gasteiger partial charge in [0.25, 0.3) is 0 Å². The molecule has 1 aromatic carbocycles. The number of ketones is 1. The summed E-state index contributed by atoms with van der Waals surface area (Å²) in [4.78, 5) is 19.7. The Labute approximate surface area is 176 Å². The molecule has 3 N–H and O–H groups in total. The minimum Gasteiger partial charge on any atom is -0.387 e. The molecule has 7 nitrogen and oxygen atoms in total. The van der Waals surface area contributed by atoms with Crippen LogP contribution in [0, 0.1) is 11.6 Å². The Morgan fingerprint density at radius 2 is 2.03 bits per heavy atom. The van der Waals surface area contributed by atoms with Gasteiger partial charge < -0.3 is 10.1 Å². The van der Waals surface area contributed by atoms with Crippen LogP contribution in [0.4, 0.5) is 18.9 Å². The van der Waals surface area contributed by atoms with E-state index in [2.05, 4.69) is 9.97 Å². The van der Waals surface area contributed by atoms with E-state index in [1.165, 1.54) is 6.20 Å². The van der Waals surface area contributed by atoms with Crippen LogP contribution < -0.4 is 4.72 Å². The average Bonchev–Trinajstić information content (AvgIpc) is 3.12. The zero-order chi connectivity index (χ0) is 22.8. The number of aromatic amines is 1. The van der Waals surface area contributed by atoms with Gasteiger partial charge in [-0.15, -0.1) is 0 Å². The van der Waals surface area contributed by atoms with Crippen molar-refractivity contribution in [1.82, 2.24) is 9.97 Å². The molecule has 0 bridgehead atoms.